The summed E-state index contributed by atoms with van der Waals surface area (Å²) in [6.45, 7) is 4.05. The van der Waals surface area contributed by atoms with Crippen LogP contribution in [0.3, 0.4) is 0 Å². The maximum atomic E-state index is 10.4. The molecule has 1 aromatic rings. The first kappa shape index (κ1) is 11.5. The van der Waals surface area contributed by atoms with Crippen LogP contribution in [0.25, 0.3) is 0 Å². The quantitative estimate of drug-likeness (QED) is 0.689. The predicted octanol–water partition coefficient (Wildman–Crippen LogP) is 2.86. The second-order valence-electron chi connectivity index (χ2n) is 3.53. The molecule has 0 aliphatic heterocycles. The van der Waals surface area contributed by atoms with Crippen LogP contribution in [-0.4, -0.2) is 11.4 Å². The molecule has 76 valence electrons. The molecule has 0 atom stereocenters. The Bertz CT molecular complexity index is 345. The van der Waals surface area contributed by atoms with E-state index in [2.05, 4.69) is 22.6 Å². The van der Waals surface area contributed by atoms with E-state index in [0.29, 0.717) is 0 Å². The molecule has 0 fully saturated rings. The van der Waals surface area contributed by atoms with Crippen LogP contribution in [0.5, 0.6) is 5.75 Å². The van der Waals surface area contributed by atoms with Crippen molar-refractivity contribution in [2.24, 2.45) is 0 Å². The van der Waals surface area contributed by atoms with E-state index in [-0.39, 0.29) is 18.1 Å². The highest BCUT2D eigenvalue weighted by atomic mass is 127. The molecule has 1 aromatic carbocycles. The molecule has 0 spiro atoms. The topological polar surface area (TPSA) is 37.3 Å². The summed E-state index contributed by atoms with van der Waals surface area (Å²) in [5.41, 5.74) is 1.63. The maximum Gasteiger partial charge on any atom is 0.124 e. The first-order chi connectivity index (χ1) is 6.56. The van der Waals surface area contributed by atoms with Crippen LogP contribution in [0.2, 0.25) is 0 Å². The molecule has 0 aromatic heterocycles. The third-order valence-electron chi connectivity index (χ3n) is 2.11. The zero-order chi connectivity index (χ0) is 10.7. The Balaban J connectivity index is 3.24. The van der Waals surface area contributed by atoms with Gasteiger partial charge < -0.3 is 9.90 Å². The van der Waals surface area contributed by atoms with Crippen molar-refractivity contribution in [3.05, 3.63) is 26.8 Å². The summed E-state index contributed by atoms with van der Waals surface area (Å²) >= 11 is 2.19. The van der Waals surface area contributed by atoms with Crippen LogP contribution in [0.1, 0.15) is 30.9 Å². The zero-order valence-electron chi connectivity index (χ0n) is 8.25. The summed E-state index contributed by atoms with van der Waals surface area (Å²) < 4.78 is 1.06. The van der Waals surface area contributed by atoms with E-state index in [1.54, 1.807) is 0 Å². The summed E-state index contributed by atoms with van der Waals surface area (Å²) in [5, 5.41) is 9.85. The molecule has 1 N–H and O–H groups in total. The lowest BCUT2D eigenvalue weighted by atomic mass is 9.98. The smallest absolute Gasteiger partial charge is 0.124 e. The Morgan fingerprint density at radius 2 is 2.14 bits per heavy atom. The number of phenols is 1. The van der Waals surface area contributed by atoms with Gasteiger partial charge in [0.05, 0.1) is 0 Å². The van der Waals surface area contributed by atoms with Gasteiger partial charge in [-0.15, -0.1) is 0 Å². The third kappa shape index (κ3) is 2.47. The average molecular weight is 304 g/mol. The molecule has 3 heteroatoms. The summed E-state index contributed by atoms with van der Waals surface area (Å²) in [4.78, 5) is 10.4. The molecule has 0 heterocycles. The molecule has 0 saturated carbocycles. The van der Waals surface area contributed by atoms with E-state index >= 15 is 0 Å². The SMILES string of the molecule is CC(C)c1cc(I)cc(CC=O)c1O. The van der Waals surface area contributed by atoms with Crippen LogP contribution >= 0.6 is 22.6 Å². The summed E-state index contributed by atoms with van der Waals surface area (Å²) in [6, 6.07) is 3.80. The lowest BCUT2D eigenvalue weighted by Crippen LogP contribution is -1.95. The second kappa shape index (κ2) is 4.77. The molecule has 2 nitrogen and oxygen atoms in total. The number of phenolic OH excluding ortho intramolecular Hbond substituents is 1. The third-order valence-corrected chi connectivity index (χ3v) is 2.73. The molecular formula is C11H13IO2. The number of carbonyl (C=O) groups is 1. The van der Waals surface area contributed by atoms with E-state index in [0.717, 1.165) is 21.0 Å². The van der Waals surface area contributed by atoms with E-state index in [9.17, 15) is 9.90 Å². The van der Waals surface area contributed by atoms with Gasteiger partial charge in [0, 0.05) is 15.6 Å². The van der Waals surface area contributed by atoms with Crippen molar-refractivity contribution in [3.63, 3.8) is 0 Å². The first-order valence-corrected chi connectivity index (χ1v) is 5.59. The summed E-state index contributed by atoms with van der Waals surface area (Å²) in [7, 11) is 0. The predicted molar refractivity (Wildman–Crippen MR) is 64.7 cm³/mol. The highest BCUT2D eigenvalue weighted by Gasteiger charge is 2.11. The van der Waals surface area contributed by atoms with Gasteiger partial charge in [-0.2, -0.15) is 0 Å². The highest BCUT2D eigenvalue weighted by Crippen LogP contribution is 2.31. The van der Waals surface area contributed by atoms with Gasteiger partial charge in [-0.25, -0.2) is 0 Å². The van der Waals surface area contributed by atoms with Gasteiger partial charge in [0.1, 0.15) is 12.0 Å². The zero-order valence-corrected chi connectivity index (χ0v) is 10.4. The number of hydrogen-bond acceptors (Lipinski definition) is 2. The number of benzene rings is 1. The van der Waals surface area contributed by atoms with Crippen molar-refractivity contribution >= 4 is 28.9 Å². The van der Waals surface area contributed by atoms with Crippen molar-refractivity contribution in [3.8, 4) is 5.75 Å². The van der Waals surface area contributed by atoms with Gasteiger partial charge >= 0.3 is 0 Å². The number of aromatic hydroxyl groups is 1. The molecule has 0 saturated heterocycles. The normalized spacial score (nSPS) is 10.6. The molecule has 0 bridgehead atoms. The first-order valence-electron chi connectivity index (χ1n) is 4.51. The molecule has 0 radical (unpaired) electrons. The molecule has 0 amide bonds. The van der Waals surface area contributed by atoms with Gasteiger partial charge in [0.15, 0.2) is 0 Å². The fourth-order valence-electron chi connectivity index (χ4n) is 1.36. The molecular weight excluding hydrogens is 291 g/mol. The van der Waals surface area contributed by atoms with Crippen LogP contribution in [0, 0.1) is 3.57 Å². The Labute approximate surface area is 97.5 Å². The fourth-order valence-corrected chi connectivity index (χ4v) is 2.08. The average Bonchev–Trinajstić information content (AvgIpc) is 2.10. The van der Waals surface area contributed by atoms with Gasteiger partial charge in [0.2, 0.25) is 0 Å². The van der Waals surface area contributed by atoms with E-state index < -0.39 is 0 Å². The standard InChI is InChI=1S/C11H13IO2/c1-7(2)10-6-9(12)5-8(3-4-13)11(10)14/h4-7,14H,3H2,1-2H3. The lowest BCUT2D eigenvalue weighted by molar-refractivity contribution is -0.107. The van der Waals surface area contributed by atoms with E-state index in [1.165, 1.54) is 0 Å². The lowest BCUT2D eigenvalue weighted by Gasteiger charge is -2.12. The molecule has 0 unspecified atom stereocenters. The molecule has 14 heavy (non-hydrogen) atoms. The number of carbonyl (C=O) groups excluding carboxylic acids is 1. The van der Waals surface area contributed by atoms with Crippen molar-refractivity contribution < 1.29 is 9.90 Å². The van der Waals surface area contributed by atoms with Gasteiger partial charge in [-0.1, -0.05) is 13.8 Å². The monoisotopic (exact) mass is 304 g/mol. The molecule has 0 aliphatic rings. The Kier molecular flexibility index (Phi) is 3.92. The van der Waals surface area contributed by atoms with Crippen molar-refractivity contribution in [1.82, 2.24) is 0 Å². The van der Waals surface area contributed by atoms with Crippen LogP contribution in [-0.2, 0) is 11.2 Å². The fraction of sp³-hybridized carbons (Fsp3) is 0.364. The Morgan fingerprint density at radius 1 is 1.50 bits per heavy atom. The molecule has 0 aliphatic carbocycles. The summed E-state index contributed by atoms with van der Waals surface area (Å²) in [6.07, 6.45) is 1.09. The number of aldehydes is 1. The highest BCUT2D eigenvalue weighted by molar-refractivity contribution is 14.1. The van der Waals surface area contributed by atoms with Gasteiger partial charge in [0.25, 0.3) is 0 Å². The van der Waals surface area contributed by atoms with Gasteiger partial charge in [-0.3, -0.25) is 0 Å². The maximum absolute atomic E-state index is 10.4. The number of halogens is 1. The van der Waals surface area contributed by atoms with E-state index in [4.69, 9.17) is 0 Å². The van der Waals surface area contributed by atoms with E-state index in [1.807, 2.05) is 26.0 Å². The largest absolute Gasteiger partial charge is 0.507 e. The van der Waals surface area contributed by atoms with Crippen LogP contribution in [0.15, 0.2) is 12.1 Å². The molecule has 1 rings (SSSR count). The van der Waals surface area contributed by atoms with Gasteiger partial charge in [-0.05, 0) is 46.2 Å². The number of rotatable bonds is 3. The Hall–Kier alpha value is -0.580. The minimum Gasteiger partial charge on any atom is -0.507 e. The van der Waals surface area contributed by atoms with Crippen LogP contribution in [0.4, 0.5) is 0 Å². The minimum absolute atomic E-state index is 0.271. The van der Waals surface area contributed by atoms with Crippen molar-refractivity contribution in [1.29, 1.82) is 0 Å². The van der Waals surface area contributed by atoms with Crippen molar-refractivity contribution in [2.45, 2.75) is 26.2 Å². The minimum atomic E-state index is 0.271. The number of hydrogen-bond donors (Lipinski definition) is 1. The Morgan fingerprint density at radius 3 is 2.64 bits per heavy atom. The summed E-state index contributed by atoms with van der Waals surface area (Å²) in [5.74, 6) is 0.544. The van der Waals surface area contributed by atoms with Crippen molar-refractivity contribution in [2.75, 3.05) is 0 Å². The van der Waals surface area contributed by atoms with Crippen LogP contribution < -0.4 is 0 Å². The second-order valence-corrected chi connectivity index (χ2v) is 4.77.